The van der Waals surface area contributed by atoms with Gasteiger partial charge in [0.2, 0.25) is 11.6 Å². The Morgan fingerprint density at radius 1 is 0.829 bits per heavy atom. The summed E-state index contributed by atoms with van der Waals surface area (Å²) in [6.07, 6.45) is 1.89. The van der Waals surface area contributed by atoms with Crippen LogP contribution in [0.4, 0.5) is 0 Å². The Hall–Kier alpha value is -4.69. The van der Waals surface area contributed by atoms with Gasteiger partial charge in [0.15, 0.2) is 17.3 Å². The van der Waals surface area contributed by atoms with E-state index in [2.05, 4.69) is 0 Å². The second kappa shape index (κ2) is 13.1. The molecule has 0 spiro atoms. The molecule has 3 aromatic carbocycles. The summed E-state index contributed by atoms with van der Waals surface area (Å²) in [7, 11) is 0. The predicted octanol–water partition coefficient (Wildman–Crippen LogP) is 4.78. The Labute approximate surface area is 237 Å². The summed E-state index contributed by atoms with van der Waals surface area (Å²) < 4.78 is 5.31. The fourth-order valence-electron chi connectivity index (χ4n) is 4.77. The molecule has 0 bridgehead atoms. The third-order valence-corrected chi connectivity index (χ3v) is 7.03. The molecule has 41 heavy (non-hydrogen) atoms. The van der Waals surface area contributed by atoms with Crippen molar-refractivity contribution in [1.82, 2.24) is 0 Å². The zero-order valence-corrected chi connectivity index (χ0v) is 22.6. The van der Waals surface area contributed by atoms with Crippen molar-refractivity contribution in [2.75, 3.05) is 13.2 Å². The minimum absolute atomic E-state index is 0.0631. The molecule has 2 N–H and O–H groups in total. The van der Waals surface area contributed by atoms with Crippen LogP contribution in [0.15, 0.2) is 78.4 Å². The third kappa shape index (κ3) is 6.39. The Morgan fingerprint density at radius 3 is 2.17 bits per heavy atom. The predicted molar refractivity (Wildman–Crippen MR) is 151 cm³/mol. The van der Waals surface area contributed by atoms with E-state index < -0.39 is 53.6 Å². The Kier molecular flexibility index (Phi) is 9.37. The Bertz CT molecular complexity index is 1530. The number of ketones is 5. The number of Topliss-reactive ketones (excluding diaryl/α,β-unsaturated/α-hetero) is 5. The molecule has 0 amide bonds. The Balaban J connectivity index is 1.73. The van der Waals surface area contributed by atoms with Crippen LogP contribution in [-0.4, -0.2) is 52.3 Å². The number of allylic oxidation sites excluding steroid dienone is 1. The number of aliphatic hydroxyl groups is 2. The van der Waals surface area contributed by atoms with Gasteiger partial charge in [0, 0.05) is 27.8 Å². The number of fused-ring (bicyclic) bond motifs is 1. The highest BCUT2D eigenvalue weighted by atomic mass is 16.5. The third-order valence-electron chi connectivity index (χ3n) is 7.03. The van der Waals surface area contributed by atoms with E-state index in [-0.39, 0.29) is 34.6 Å². The molecule has 4 rings (SSSR count). The van der Waals surface area contributed by atoms with Crippen LogP contribution in [0.5, 0.6) is 5.75 Å². The van der Waals surface area contributed by atoms with Crippen LogP contribution in [0.2, 0.25) is 0 Å². The van der Waals surface area contributed by atoms with Crippen LogP contribution in [0.25, 0.3) is 5.76 Å². The van der Waals surface area contributed by atoms with E-state index in [0.717, 1.165) is 18.4 Å². The van der Waals surface area contributed by atoms with Crippen LogP contribution in [0.1, 0.15) is 68.4 Å². The molecule has 0 radical (unpaired) electrons. The zero-order valence-electron chi connectivity index (χ0n) is 22.6. The molecule has 0 saturated carbocycles. The second-order valence-corrected chi connectivity index (χ2v) is 9.79. The van der Waals surface area contributed by atoms with Gasteiger partial charge in [0.25, 0.3) is 0 Å². The number of hydrogen-bond donors (Lipinski definition) is 2. The lowest BCUT2D eigenvalue weighted by Crippen LogP contribution is -2.31. The maximum absolute atomic E-state index is 14.0. The van der Waals surface area contributed by atoms with Crippen molar-refractivity contribution < 1.29 is 38.9 Å². The van der Waals surface area contributed by atoms with Gasteiger partial charge in [-0.25, -0.2) is 0 Å². The highest BCUT2D eigenvalue weighted by Crippen LogP contribution is 2.33. The normalized spacial score (nSPS) is 13.5. The molecule has 0 saturated heterocycles. The number of benzene rings is 3. The van der Waals surface area contributed by atoms with Gasteiger partial charge in [-0.3, -0.25) is 24.0 Å². The SMILES string of the molecule is CCCCc1ccccc1C(=O)C(CC1=C(O)c2ccccc2C(=O)C1=O)C(=O)c1ccc(OCC(=O)CO)cc1. The first-order valence-electron chi connectivity index (χ1n) is 13.4. The molecule has 0 aliphatic heterocycles. The second-order valence-electron chi connectivity index (χ2n) is 9.79. The highest BCUT2D eigenvalue weighted by molar-refractivity contribution is 6.52. The number of hydrogen-bond acceptors (Lipinski definition) is 8. The van der Waals surface area contributed by atoms with Crippen LogP contribution >= 0.6 is 0 Å². The molecule has 1 atom stereocenters. The van der Waals surface area contributed by atoms with Crippen LogP contribution in [-0.2, 0) is 16.0 Å². The van der Waals surface area contributed by atoms with Gasteiger partial charge in [0.1, 0.15) is 24.7 Å². The summed E-state index contributed by atoms with van der Waals surface area (Å²) in [4.78, 5) is 65.2. The van der Waals surface area contributed by atoms with E-state index in [1.807, 2.05) is 19.1 Å². The van der Waals surface area contributed by atoms with E-state index in [9.17, 15) is 29.1 Å². The van der Waals surface area contributed by atoms with Gasteiger partial charge in [-0.2, -0.15) is 0 Å². The first-order chi connectivity index (χ1) is 19.8. The van der Waals surface area contributed by atoms with Crippen molar-refractivity contribution in [3.63, 3.8) is 0 Å². The number of carbonyl (C=O) groups is 5. The van der Waals surface area contributed by atoms with Gasteiger partial charge in [0.05, 0.1) is 5.92 Å². The summed E-state index contributed by atoms with van der Waals surface area (Å²) >= 11 is 0. The lowest BCUT2D eigenvalue weighted by Gasteiger charge is -2.22. The molecule has 3 aromatic rings. The van der Waals surface area contributed by atoms with Crippen molar-refractivity contribution >= 4 is 34.7 Å². The molecule has 1 unspecified atom stereocenters. The maximum atomic E-state index is 14.0. The quantitative estimate of drug-likeness (QED) is 0.175. The number of aryl methyl sites for hydroxylation is 1. The summed E-state index contributed by atoms with van der Waals surface area (Å²) in [5.74, 6) is -4.95. The van der Waals surface area contributed by atoms with E-state index in [1.165, 1.54) is 36.4 Å². The smallest absolute Gasteiger partial charge is 0.234 e. The summed E-state index contributed by atoms with van der Waals surface area (Å²) in [5, 5.41) is 19.9. The number of rotatable bonds is 13. The molecule has 210 valence electrons. The maximum Gasteiger partial charge on any atom is 0.234 e. The van der Waals surface area contributed by atoms with Crippen LogP contribution in [0.3, 0.4) is 0 Å². The minimum Gasteiger partial charge on any atom is -0.507 e. The van der Waals surface area contributed by atoms with E-state index in [1.54, 1.807) is 24.3 Å². The number of ether oxygens (including phenoxy) is 1. The molecule has 8 heteroatoms. The van der Waals surface area contributed by atoms with Crippen molar-refractivity contribution in [1.29, 1.82) is 0 Å². The Morgan fingerprint density at radius 2 is 1.49 bits per heavy atom. The molecular weight excluding hydrogens is 524 g/mol. The molecule has 1 aliphatic rings. The van der Waals surface area contributed by atoms with Gasteiger partial charge >= 0.3 is 0 Å². The van der Waals surface area contributed by atoms with Gasteiger partial charge in [-0.05, 0) is 49.1 Å². The van der Waals surface area contributed by atoms with Gasteiger partial charge in [-0.15, -0.1) is 0 Å². The first-order valence-corrected chi connectivity index (χ1v) is 13.4. The molecule has 0 heterocycles. The lowest BCUT2D eigenvalue weighted by molar-refractivity contribution is -0.123. The largest absolute Gasteiger partial charge is 0.507 e. The molecule has 8 nitrogen and oxygen atoms in total. The van der Waals surface area contributed by atoms with Gasteiger partial charge < -0.3 is 14.9 Å². The standard InChI is InChI=1S/C33H30O8/c1-2-3-8-20-9-4-5-10-24(20)30(37)27(29(36)21-13-15-23(16-14-21)41-19-22(35)18-34)17-28-31(38)25-11-6-7-12-26(25)32(39)33(28)40/h4-7,9-16,27,34,38H,2-3,8,17-19H2,1H3. The molecule has 0 aromatic heterocycles. The lowest BCUT2D eigenvalue weighted by atomic mass is 9.79. The summed E-state index contributed by atoms with van der Waals surface area (Å²) in [6.45, 7) is 1.03. The minimum atomic E-state index is -1.40. The van der Waals surface area contributed by atoms with Crippen molar-refractivity contribution in [3.8, 4) is 5.75 Å². The average Bonchev–Trinajstić information content (AvgIpc) is 3.01. The number of unbranched alkanes of at least 4 members (excludes halogenated alkanes) is 1. The zero-order chi connectivity index (χ0) is 29.5. The summed E-state index contributed by atoms with van der Waals surface area (Å²) in [6, 6.07) is 18.9. The van der Waals surface area contributed by atoms with Gasteiger partial charge in [-0.1, -0.05) is 61.9 Å². The average molecular weight is 555 g/mol. The van der Waals surface area contributed by atoms with E-state index in [4.69, 9.17) is 9.84 Å². The van der Waals surface area contributed by atoms with Crippen LogP contribution in [0, 0.1) is 5.92 Å². The summed E-state index contributed by atoms with van der Waals surface area (Å²) in [5.41, 5.74) is 1.21. The highest BCUT2D eigenvalue weighted by Gasteiger charge is 2.38. The molecule has 0 fully saturated rings. The number of aliphatic hydroxyl groups excluding tert-OH is 2. The number of carbonyl (C=O) groups excluding carboxylic acids is 5. The van der Waals surface area contributed by atoms with Crippen molar-refractivity contribution in [3.05, 3.63) is 106 Å². The van der Waals surface area contributed by atoms with E-state index in [0.29, 0.717) is 12.0 Å². The monoisotopic (exact) mass is 554 g/mol. The fourth-order valence-corrected chi connectivity index (χ4v) is 4.77. The molecular formula is C33H30O8. The fraction of sp³-hybridized carbons (Fsp3) is 0.242. The molecule has 1 aliphatic carbocycles. The van der Waals surface area contributed by atoms with Crippen molar-refractivity contribution in [2.24, 2.45) is 5.92 Å². The first kappa shape index (κ1) is 29.3. The van der Waals surface area contributed by atoms with E-state index >= 15 is 0 Å². The van der Waals surface area contributed by atoms with Crippen LogP contribution < -0.4 is 4.74 Å². The topological polar surface area (TPSA) is 135 Å². The van der Waals surface area contributed by atoms with Crippen molar-refractivity contribution in [2.45, 2.75) is 32.6 Å².